The van der Waals surface area contributed by atoms with E-state index in [4.69, 9.17) is 9.47 Å². The molecule has 1 aromatic carbocycles. The summed E-state index contributed by atoms with van der Waals surface area (Å²) in [6, 6.07) is 5.68. The van der Waals surface area contributed by atoms with Crippen molar-refractivity contribution in [3.63, 3.8) is 0 Å². The molecular weight excluding hydrogens is 340 g/mol. The average molecular weight is 360 g/mol. The minimum Gasteiger partial charge on any atom is -0.454 e. The molecule has 1 aromatic heterocycles. The molecule has 1 atom stereocenters. The molecule has 0 saturated heterocycles. The van der Waals surface area contributed by atoms with Crippen molar-refractivity contribution in [1.29, 1.82) is 0 Å². The van der Waals surface area contributed by atoms with E-state index in [1.165, 1.54) is 24.6 Å². The zero-order chi connectivity index (χ0) is 17.4. The highest BCUT2D eigenvalue weighted by Crippen LogP contribution is 2.39. The second-order valence-electron chi connectivity index (χ2n) is 6.34. The molecule has 1 amide bonds. The van der Waals surface area contributed by atoms with Gasteiger partial charge in [0.1, 0.15) is 5.82 Å². The Hall–Kier alpha value is -2.22. The first-order valence-electron chi connectivity index (χ1n) is 8.34. The van der Waals surface area contributed by atoms with E-state index in [1.54, 1.807) is 0 Å². The lowest BCUT2D eigenvalue weighted by molar-refractivity contribution is -0.120. The number of hydrogen-bond donors (Lipinski definition) is 1. The number of hydrogen-bond acceptors (Lipinski definition) is 6. The van der Waals surface area contributed by atoms with E-state index < -0.39 is 0 Å². The molecule has 1 fully saturated rings. The normalized spacial score (nSPS) is 16.7. The lowest BCUT2D eigenvalue weighted by atomic mass is 10.2. The van der Waals surface area contributed by atoms with E-state index in [0.29, 0.717) is 12.5 Å². The number of carbonyl (C=O) groups is 1. The van der Waals surface area contributed by atoms with E-state index >= 15 is 0 Å². The highest BCUT2D eigenvalue weighted by molar-refractivity contribution is 8.00. The maximum absolute atomic E-state index is 12.4. The molecule has 8 heteroatoms. The zero-order valence-corrected chi connectivity index (χ0v) is 15.0. The Morgan fingerprint density at radius 1 is 1.36 bits per heavy atom. The maximum Gasteiger partial charge on any atom is 0.233 e. The van der Waals surface area contributed by atoms with Crippen LogP contribution < -0.4 is 14.8 Å². The quantitative estimate of drug-likeness (QED) is 0.796. The molecule has 0 unspecified atom stereocenters. The first-order valence-corrected chi connectivity index (χ1v) is 9.22. The van der Waals surface area contributed by atoms with Gasteiger partial charge in [0, 0.05) is 19.5 Å². The van der Waals surface area contributed by atoms with Crippen LogP contribution in [0.2, 0.25) is 0 Å². The van der Waals surface area contributed by atoms with Crippen LogP contribution in [-0.2, 0) is 18.4 Å². The highest BCUT2D eigenvalue weighted by atomic mass is 32.2. The van der Waals surface area contributed by atoms with Crippen LogP contribution in [0.5, 0.6) is 11.5 Å². The molecule has 1 aliphatic carbocycles. The molecule has 25 heavy (non-hydrogen) atoms. The number of benzene rings is 1. The van der Waals surface area contributed by atoms with Gasteiger partial charge < -0.3 is 19.4 Å². The zero-order valence-electron chi connectivity index (χ0n) is 14.2. The first kappa shape index (κ1) is 16.3. The third-order valence-electron chi connectivity index (χ3n) is 4.37. The molecule has 1 N–H and O–H groups in total. The number of carbonyl (C=O) groups excluding carboxylic acids is 1. The predicted octanol–water partition coefficient (Wildman–Crippen LogP) is 2.22. The van der Waals surface area contributed by atoms with E-state index in [9.17, 15) is 4.79 Å². The second kappa shape index (κ2) is 6.59. The van der Waals surface area contributed by atoms with Crippen LogP contribution in [0.25, 0.3) is 0 Å². The fourth-order valence-electron chi connectivity index (χ4n) is 2.72. The monoisotopic (exact) mass is 360 g/mol. The van der Waals surface area contributed by atoms with Crippen LogP contribution in [0.3, 0.4) is 0 Å². The predicted molar refractivity (Wildman–Crippen MR) is 92.7 cm³/mol. The topological polar surface area (TPSA) is 78.3 Å². The number of ether oxygens (including phenoxy) is 2. The number of nitrogens with one attached hydrogen (secondary N) is 1. The summed E-state index contributed by atoms with van der Waals surface area (Å²) in [5, 5.41) is 12.0. The van der Waals surface area contributed by atoms with Crippen molar-refractivity contribution in [2.24, 2.45) is 7.05 Å². The average Bonchev–Trinajstić information content (AvgIpc) is 3.23. The molecule has 0 radical (unpaired) electrons. The van der Waals surface area contributed by atoms with Crippen molar-refractivity contribution in [1.82, 2.24) is 20.1 Å². The van der Waals surface area contributed by atoms with Gasteiger partial charge in [0.05, 0.1) is 5.25 Å². The van der Waals surface area contributed by atoms with Gasteiger partial charge in [0.2, 0.25) is 12.7 Å². The van der Waals surface area contributed by atoms with Gasteiger partial charge in [-0.2, -0.15) is 0 Å². The molecule has 0 bridgehead atoms. The number of rotatable bonds is 6. The van der Waals surface area contributed by atoms with Gasteiger partial charge in [-0.3, -0.25) is 4.79 Å². The number of amides is 1. The minimum absolute atomic E-state index is 0.0290. The summed E-state index contributed by atoms with van der Waals surface area (Å²) in [6.45, 7) is 2.58. The molecule has 4 rings (SSSR count). The Bertz CT molecular complexity index is 803. The third kappa shape index (κ3) is 3.44. The van der Waals surface area contributed by atoms with E-state index in [0.717, 1.165) is 28.0 Å². The van der Waals surface area contributed by atoms with Crippen molar-refractivity contribution >= 4 is 17.7 Å². The standard InChI is InChI=1S/C17H20N4O3S/c1-10(25-17-20-19-15(21(17)2)12-4-5-12)16(22)18-8-11-3-6-13-14(7-11)24-9-23-13/h3,6-7,10,12H,4-5,8-9H2,1-2H3,(H,18,22)/t10-/m1/s1. The number of nitrogens with zero attached hydrogens (tertiary/aromatic N) is 3. The molecule has 0 spiro atoms. The van der Waals surface area contributed by atoms with Gasteiger partial charge in [-0.15, -0.1) is 10.2 Å². The van der Waals surface area contributed by atoms with E-state index in [1.807, 2.05) is 36.7 Å². The van der Waals surface area contributed by atoms with Crippen LogP contribution >= 0.6 is 11.8 Å². The van der Waals surface area contributed by atoms with Gasteiger partial charge in [-0.05, 0) is 37.5 Å². The molecule has 132 valence electrons. The third-order valence-corrected chi connectivity index (χ3v) is 5.50. The van der Waals surface area contributed by atoms with Gasteiger partial charge in [-0.1, -0.05) is 17.8 Å². The summed E-state index contributed by atoms with van der Waals surface area (Å²) in [4.78, 5) is 12.4. The summed E-state index contributed by atoms with van der Waals surface area (Å²) < 4.78 is 12.6. The van der Waals surface area contributed by atoms with Crippen molar-refractivity contribution in [2.75, 3.05) is 6.79 Å². The Balaban J connectivity index is 1.33. The van der Waals surface area contributed by atoms with Crippen LogP contribution in [0.4, 0.5) is 0 Å². The minimum atomic E-state index is -0.246. The smallest absolute Gasteiger partial charge is 0.233 e. The van der Waals surface area contributed by atoms with Crippen molar-refractivity contribution in [3.05, 3.63) is 29.6 Å². The maximum atomic E-state index is 12.4. The Labute approximate surface area is 150 Å². The van der Waals surface area contributed by atoms with E-state index in [2.05, 4.69) is 15.5 Å². The summed E-state index contributed by atoms with van der Waals surface area (Å²) >= 11 is 1.43. The van der Waals surface area contributed by atoms with Crippen LogP contribution in [0.15, 0.2) is 23.4 Å². The van der Waals surface area contributed by atoms with Crippen molar-refractivity contribution in [3.8, 4) is 11.5 Å². The SMILES string of the molecule is C[C@@H](Sc1nnc(C2CC2)n1C)C(=O)NCc1ccc2c(c1)OCO2. The summed E-state index contributed by atoms with van der Waals surface area (Å²) in [5.41, 5.74) is 0.976. The largest absolute Gasteiger partial charge is 0.454 e. The van der Waals surface area contributed by atoms with Crippen molar-refractivity contribution in [2.45, 2.75) is 42.6 Å². The summed E-state index contributed by atoms with van der Waals surface area (Å²) in [7, 11) is 1.97. The fourth-order valence-corrected chi connectivity index (χ4v) is 3.57. The lowest BCUT2D eigenvalue weighted by Gasteiger charge is -2.12. The Kier molecular flexibility index (Phi) is 4.29. The molecular formula is C17H20N4O3S. The Morgan fingerprint density at radius 3 is 2.96 bits per heavy atom. The number of aromatic nitrogens is 3. The van der Waals surface area contributed by atoms with E-state index in [-0.39, 0.29) is 18.0 Å². The lowest BCUT2D eigenvalue weighted by Crippen LogP contribution is -2.30. The van der Waals surface area contributed by atoms with Crippen LogP contribution in [0.1, 0.15) is 37.1 Å². The molecule has 1 aliphatic heterocycles. The molecule has 1 saturated carbocycles. The molecule has 7 nitrogen and oxygen atoms in total. The molecule has 2 aromatic rings. The molecule has 2 heterocycles. The van der Waals surface area contributed by atoms with Gasteiger partial charge >= 0.3 is 0 Å². The summed E-state index contributed by atoms with van der Waals surface area (Å²) in [6.07, 6.45) is 2.37. The second-order valence-corrected chi connectivity index (χ2v) is 7.65. The highest BCUT2D eigenvalue weighted by Gasteiger charge is 2.30. The van der Waals surface area contributed by atoms with Crippen molar-refractivity contribution < 1.29 is 14.3 Å². The van der Waals surface area contributed by atoms with Crippen LogP contribution in [0, 0.1) is 0 Å². The Morgan fingerprint density at radius 2 is 2.16 bits per heavy atom. The van der Waals surface area contributed by atoms with Gasteiger partial charge in [0.15, 0.2) is 16.7 Å². The first-order chi connectivity index (χ1) is 12.1. The number of fused-ring (bicyclic) bond motifs is 1. The summed E-state index contributed by atoms with van der Waals surface area (Å²) in [5.74, 6) is 3.00. The van der Waals surface area contributed by atoms with Crippen LogP contribution in [-0.4, -0.2) is 32.7 Å². The van der Waals surface area contributed by atoms with Gasteiger partial charge in [0.25, 0.3) is 0 Å². The number of thioether (sulfide) groups is 1. The molecule has 2 aliphatic rings. The fraction of sp³-hybridized carbons (Fsp3) is 0.471. The van der Waals surface area contributed by atoms with Gasteiger partial charge in [-0.25, -0.2) is 0 Å².